The smallest absolute Gasteiger partial charge is 0.243 e. The monoisotopic (exact) mass is 528 g/mol. The van der Waals surface area contributed by atoms with Crippen LogP contribution in [-0.4, -0.2) is 34.6 Å². The predicted molar refractivity (Wildman–Crippen MR) is 158 cm³/mol. The Bertz CT molecular complexity index is 1130. The van der Waals surface area contributed by atoms with Gasteiger partial charge in [-0.25, -0.2) is 0 Å². The lowest BCUT2D eigenvalue weighted by molar-refractivity contribution is -0.141. The first-order valence-electron chi connectivity index (χ1n) is 13.9. The number of benzene rings is 3. The highest BCUT2D eigenvalue weighted by molar-refractivity contribution is 7.98. The van der Waals surface area contributed by atoms with Crippen LogP contribution in [0.5, 0.6) is 0 Å². The second-order valence-corrected chi connectivity index (χ2v) is 11.4. The minimum Gasteiger partial charge on any atom is -0.352 e. The van der Waals surface area contributed by atoms with E-state index >= 15 is 0 Å². The lowest BCUT2D eigenvalue weighted by Crippen LogP contribution is -2.52. The summed E-state index contributed by atoms with van der Waals surface area (Å²) in [6.45, 7) is 2.49. The molecule has 4 nitrogen and oxygen atoms in total. The molecule has 200 valence electrons. The topological polar surface area (TPSA) is 49.4 Å². The maximum atomic E-state index is 13.8. The summed E-state index contributed by atoms with van der Waals surface area (Å²) < 4.78 is 0. The van der Waals surface area contributed by atoms with E-state index in [2.05, 4.69) is 48.6 Å². The number of carbonyl (C=O) groups is 2. The zero-order valence-corrected chi connectivity index (χ0v) is 23.3. The van der Waals surface area contributed by atoms with Crippen molar-refractivity contribution in [3.05, 3.63) is 107 Å². The highest BCUT2D eigenvalue weighted by atomic mass is 32.2. The first-order valence-corrected chi connectivity index (χ1v) is 15.0. The highest BCUT2D eigenvalue weighted by Crippen LogP contribution is 2.21. The quantitative estimate of drug-likeness (QED) is 0.266. The van der Waals surface area contributed by atoms with E-state index in [9.17, 15) is 9.59 Å². The molecule has 1 aliphatic rings. The van der Waals surface area contributed by atoms with E-state index in [1.807, 2.05) is 53.4 Å². The molecule has 5 heteroatoms. The molecule has 4 rings (SSSR count). The predicted octanol–water partition coefficient (Wildman–Crippen LogP) is 6.71. The molecule has 1 fully saturated rings. The molecule has 0 saturated heterocycles. The molecule has 1 atom stereocenters. The van der Waals surface area contributed by atoms with Gasteiger partial charge in [-0.15, -0.1) is 0 Å². The Morgan fingerprint density at radius 1 is 0.842 bits per heavy atom. The molecular weight excluding hydrogens is 488 g/mol. The van der Waals surface area contributed by atoms with Crippen LogP contribution in [-0.2, 0) is 28.3 Å². The van der Waals surface area contributed by atoms with Crippen molar-refractivity contribution in [1.82, 2.24) is 10.2 Å². The van der Waals surface area contributed by atoms with Crippen molar-refractivity contribution in [3.8, 4) is 0 Å². The fourth-order valence-corrected chi connectivity index (χ4v) is 5.95. The number of thioether (sulfide) groups is 1. The summed E-state index contributed by atoms with van der Waals surface area (Å²) in [6, 6.07) is 28.3. The number of hydrogen-bond donors (Lipinski definition) is 1. The van der Waals surface area contributed by atoms with E-state index in [0.29, 0.717) is 19.4 Å². The van der Waals surface area contributed by atoms with Gasteiger partial charge < -0.3 is 10.2 Å². The van der Waals surface area contributed by atoms with Gasteiger partial charge in [0.05, 0.1) is 0 Å². The Balaban J connectivity index is 1.52. The largest absolute Gasteiger partial charge is 0.352 e. The van der Waals surface area contributed by atoms with Crippen LogP contribution >= 0.6 is 11.8 Å². The highest BCUT2D eigenvalue weighted by Gasteiger charge is 2.31. The minimum absolute atomic E-state index is 0.0295. The SMILES string of the molecule is Cc1ccc(CN(C(=O)CCSCc2ccccc2)[C@@H](Cc2ccccc2)C(=O)NC2CCCCC2)cc1. The molecule has 0 radical (unpaired) electrons. The number of nitrogens with one attached hydrogen (secondary N) is 1. The number of nitrogens with zero attached hydrogens (tertiary/aromatic N) is 1. The summed E-state index contributed by atoms with van der Waals surface area (Å²) in [5.74, 6) is 1.60. The fourth-order valence-electron chi connectivity index (χ4n) is 5.06. The van der Waals surface area contributed by atoms with Crippen molar-refractivity contribution in [3.63, 3.8) is 0 Å². The summed E-state index contributed by atoms with van der Waals surface area (Å²) in [5.41, 5.74) is 4.55. The summed E-state index contributed by atoms with van der Waals surface area (Å²) in [7, 11) is 0. The van der Waals surface area contributed by atoms with E-state index in [1.165, 1.54) is 17.5 Å². The molecule has 1 aliphatic carbocycles. The maximum Gasteiger partial charge on any atom is 0.243 e. The number of carbonyl (C=O) groups excluding carboxylic acids is 2. The van der Waals surface area contributed by atoms with Gasteiger partial charge in [0, 0.05) is 36.9 Å². The van der Waals surface area contributed by atoms with Crippen LogP contribution in [0.4, 0.5) is 0 Å². The standard InChI is InChI=1S/C33H40N2O2S/c1-26-17-19-28(20-18-26)24-35(32(36)21-22-38-25-29-13-7-3-8-14-29)31(23-27-11-5-2-6-12-27)33(37)34-30-15-9-4-10-16-30/h2-3,5-8,11-14,17-20,30-31H,4,9-10,15-16,21-25H2,1H3,(H,34,37)/t31-/m0/s1. The molecule has 2 amide bonds. The van der Waals surface area contributed by atoms with Crippen LogP contribution in [0.3, 0.4) is 0 Å². The summed E-state index contributed by atoms with van der Waals surface area (Å²) in [4.78, 5) is 29.4. The molecule has 0 aromatic heterocycles. The second kappa shape index (κ2) is 14.8. The Kier molecular flexibility index (Phi) is 10.9. The van der Waals surface area contributed by atoms with Crippen LogP contribution < -0.4 is 5.32 Å². The van der Waals surface area contributed by atoms with Gasteiger partial charge >= 0.3 is 0 Å². The van der Waals surface area contributed by atoms with Crippen LogP contribution in [0.2, 0.25) is 0 Å². The molecule has 0 aliphatic heterocycles. The third-order valence-corrected chi connectivity index (χ3v) is 8.30. The van der Waals surface area contributed by atoms with Crippen LogP contribution in [0.1, 0.15) is 60.8 Å². The van der Waals surface area contributed by atoms with Crippen molar-refractivity contribution in [1.29, 1.82) is 0 Å². The number of hydrogen-bond acceptors (Lipinski definition) is 3. The van der Waals surface area contributed by atoms with Gasteiger partial charge in [-0.3, -0.25) is 9.59 Å². The summed E-state index contributed by atoms with van der Waals surface area (Å²) in [5, 5.41) is 3.32. The van der Waals surface area contributed by atoms with Gasteiger partial charge in [0.15, 0.2) is 0 Å². The lowest BCUT2D eigenvalue weighted by Gasteiger charge is -2.33. The molecule has 0 spiro atoms. The van der Waals surface area contributed by atoms with E-state index in [0.717, 1.165) is 48.3 Å². The van der Waals surface area contributed by atoms with E-state index in [1.54, 1.807) is 11.8 Å². The molecule has 3 aromatic rings. The van der Waals surface area contributed by atoms with Crippen molar-refractivity contribution < 1.29 is 9.59 Å². The first kappa shape index (κ1) is 28.0. The van der Waals surface area contributed by atoms with Crippen LogP contribution in [0.25, 0.3) is 0 Å². The van der Waals surface area contributed by atoms with Crippen molar-refractivity contribution in [2.45, 2.75) is 76.3 Å². The van der Waals surface area contributed by atoms with E-state index in [4.69, 9.17) is 0 Å². The number of amides is 2. The van der Waals surface area contributed by atoms with Gasteiger partial charge in [0.1, 0.15) is 6.04 Å². The van der Waals surface area contributed by atoms with Crippen LogP contribution in [0, 0.1) is 6.92 Å². The average Bonchev–Trinajstić information content (AvgIpc) is 2.95. The van der Waals surface area contributed by atoms with Gasteiger partial charge in [-0.1, -0.05) is 110 Å². The zero-order chi connectivity index (χ0) is 26.6. The van der Waals surface area contributed by atoms with E-state index in [-0.39, 0.29) is 17.9 Å². The van der Waals surface area contributed by atoms with Gasteiger partial charge in [0.2, 0.25) is 11.8 Å². The molecule has 38 heavy (non-hydrogen) atoms. The molecule has 1 saturated carbocycles. The minimum atomic E-state index is -0.549. The molecule has 3 aromatic carbocycles. The first-order chi connectivity index (χ1) is 18.6. The molecule has 0 unspecified atom stereocenters. The van der Waals surface area contributed by atoms with Crippen molar-refractivity contribution >= 4 is 23.6 Å². The maximum absolute atomic E-state index is 13.8. The van der Waals surface area contributed by atoms with Gasteiger partial charge in [0.25, 0.3) is 0 Å². The zero-order valence-electron chi connectivity index (χ0n) is 22.5. The number of rotatable bonds is 12. The van der Waals surface area contributed by atoms with Gasteiger partial charge in [-0.2, -0.15) is 11.8 Å². The normalized spacial score (nSPS) is 14.6. The van der Waals surface area contributed by atoms with E-state index < -0.39 is 6.04 Å². The molecule has 1 N–H and O–H groups in total. The van der Waals surface area contributed by atoms with Crippen LogP contribution in [0.15, 0.2) is 84.9 Å². The third kappa shape index (κ3) is 8.76. The Morgan fingerprint density at radius 2 is 1.47 bits per heavy atom. The van der Waals surface area contributed by atoms with Crippen molar-refractivity contribution in [2.24, 2.45) is 0 Å². The lowest BCUT2D eigenvalue weighted by atomic mass is 9.94. The Hall–Kier alpha value is -3.05. The summed E-state index contributed by atoms with van der Waals surface area (Å²) >= 11 is 1.76. The Labute approximate surface area is 232 Å². The average molecular weight is 529 g/mol. The second-order valence-electron chi connectivity index (χ2n) is 10.3. The molecule has 0 bridgehead atoms. The van der Waals surface area contributed by atoms with Gasteiger partial charge in [-0.05, 0) is 36.5 Å². The number of aryl methyl sites for hydroxylation is 1. The summed E-state index contributed by atoms with van der Waals surface area (Å²) in [6.07, 6.45) is 6.49. The Morgan fingerprint density at radius 3 is 2.13 bits per heavy atom. The molecular formula is C33H40N2O2S. The van der Waals surface area contributed by atoms with Crippen molar-refractivity contribution in [2.75, 3.05) is 5.75 Å². The third-order valence-electron chi connectivity index (χ3n) is 7.27. The molecule has 0 heterocycles. The fraction of sp³-hybridized carbons (Fsp3) is 0.394.